The van der Waals surface area contributed by atoms with Gasteiger partial charge in [-0.15, -0.1) is 6.42 Å². The van der Waals surface area contributed by atoms with Crippen LogP contribution < -0.4 is 11.5 Å². The molecule has 0 aliphatic rings. The number of rotatable bonds is 1. The van der Waals surface area contributed by atoms with Crippen molar-refractivity contribution in [1.82, 2.24) is 0 Å². The molecule has 0 atom stereocenters. The Kier molecular flexibility index (Phi) is 2.33. The number of terminal acetylenes is 1. The predicted molar refractivity (Wildman–Crippen MR) is 34.9 cm³/mol. The number of nitrogens with two attached hydrogens (primary N) is 2. The summed E-state index contributed by atoms with van der Waals surface area (Å²) in [5.41, 5.74) is 10.5. The van der Waals surface area contributed by atoms with Gasteiger partial charge >= 0.3 is 0 Å². The molecule has 3 heteroatoms. The number of hydrogen-bond acceptors (Lipinski definition) is 3. The van der Waals surface area contributed by atoms with Crippen molar-refractivity contribution in [3.8, 4) is 12.3 Å². The lowest BCUT2D eigenvalue weighted by Crippen LogP contribution is -2.14. The fourth-order valence-electron chi connectivity index (χ4n) is 0.257. The Labute approximate surface area is 53.7 Å². The van der Waals surface area contributed by atoms with Crippen LogP contribution in [0.4, 0.5) is 0 Å². The number of hydrogen-bond donors (Lipinski definition) is 2. The predicted octanol–water partition coefficient (Wildman–Crippen LogP) is -0.662. The molecule has 0 aromatic carbocycles. The Bertz CT molecular complexity index is 194. The van der Waals surface area contributed by atoms with Gasteiger partial charge in [0.2, 0.25) is 0 Å². The SMILES string of the molecule is C#CC(=O)C(N)=C(C)N. The van der Waals surface area contributed by atoms with Crippen molar-refractivity contribution in [2.24, 2.45) is 11.5 Å². The van der Waals surface area contributed by atoms with Gasteiger partial charge in [0, 0.05) is 5.70 Å². The van der Waals surface area contributed by atoms with Crippen molar-refractivity contribution in [2.45, 2.75) is 6.92 Å². The van der Waals surface area contributed by atoms with E-state index >= 15 is 0 Å². The third-order valence-corrected chi connectivity index (χ3v) is 0.801. The molecule has 0 amide bonds. The normalized spacial score (nSPS) is 11.6. The second kappa shape index (κ2) is 2.78. The Morgan fingerprint density at radius 1 is 1.56 bits per heavy atom. The summed E-state index contributed by atoms with van der Waals surface area (Å²) in [6.07, 6.45) is 4.74. The lowest BCUT2D eigenvalue weighted by Gasteiger charge is -1.93. The van der Waals surface area contributed by atoms with Crippen molar-refractivity contribution < 1.29 is 4.79 Å². The number of carbonyl (C=O) groups excluding carboxylic acids is 1. The first-order valence-corrected chi connectivity index (χ1v) is 2.32. The third-order valence-electron chi connectivity index (χ3n) is 0.801. The molecule has 0 bridgehead atoms. The maximum Gasteiger partial charge on any atom is 0.253 e. The van der Waals surface area contributed by atoms with Gasteiger partial charge in [0.25, 0.3) is 5.78 Å². The van der Waals surface area contributed by atoms with Gasteiger partial charge in [0.15, 0.2) is 0 Å². The molecule has 0 unspecified atom stereocenters. The van der Waals surface area contributed by atoms with Crippen LogP contribution >= 0.6 is 0 Å². The van der Waals surface area contributed by atoms with Crippen molar-refractivity contribution >= 4 is 5.78 Å². The highest BCUT2D eigenvalue weighted by Gasteiger charge is 2.01. The Balaban J connectivity index is 4.45. The van der Waals surface area contributed by atoms with E-state index in [9.17, 15) is 4.79 Å². The molecule has 0 aliphatic carbocycles. The molecule has 3 nitrogen and oxygen atoms in total. The first-order valence-electron chi connectivity index (χ1n) is 2.32. The van der Waals surface area contributed by atoms with E-state index in [1.54, 1.807) is 0 Å². The lowest BCUT2D eigenvalue weighted by atomic mass is 10.2. The second-order valence-electron chi connectivity index (χ2n) is 1.57. The topological polar surface area (TPSA) is 69.1 Å². The van der Waals surface area contributed by atoms with Gasteiger partial charge in [0.1, 0.15) is 5.70 Å². The molecule has 0 spiro atoms. The molecule has 48 valence electrons. The van der Waals surface area contributed by atoms with E-state index in [0.29, 0.717) is 0 Å². The zero-order valence-corrected chi connectivity index (χ0v) is 5.14. The molecule has 0 heterocycles. The lowest BCUT2D eigenvalue weighted by molar-refractivity contribution is -0.110. The fourth-order valence-corrected chi connectivity index (χ4v) is 0.257. The van der Waals surface area contributed by atoms with E-state index in [1.807, 2.05) is 5.92 Å². The van der Waals surface area contributed by atoms with Crippen LogP contribution in [0, 0.1) is 12.3 Å². The molecule has 0 radical (unpaired) electrons. The molecule has 0 saturated carbocycles. The zero-order chi connectivity index (χ0) is 7.44. The van der Waals surface area contributed by atoms with Crippen LogP contribution in [0.2, 0.25) is 0 Å². The summed E-state index contributed by atoms with van der Waals surface area (Å²) in [5, 5.41) is 0. The average Bonchev–Trinajstić information content (AvgIpc) is 1.84. The van der Waals surface area contributed by atoms with Crippen molar-refractivity contribution in [3.05, 3.63) is 11.4 Å². The zero-order valence-electron chi connectivity index (χ0n) is 5.14. The number of Topliss-reactive ketones (excluding diaryl/α,β-unsaturated/α-hetero) is 1. The molecule has 0 saturated heterocycles. The number of allylic oxidation sites excluding steroid dienone is 2. The van der Waals surface area contributed by atoms with Crippen LogP contribution in [0.25, 0.3) is 0 Å². The molecule has 0 aromatic heterocycles. The molecule has 4 N–H and O–H groups in total. The van der Waals surface area contributed by atoms with E-state index in [0.717, 1.165) is 0 Å². The highest BCUT2D eigenvalue weighted by atomic mass is 16.1. The first-order chi connectivity index (χ1) is 4.09. The fraction of sp³-hybridized carbons (Fsp3) is 0.167. The monoisotopic (exact) mass is 124 g/mol. The molecule has 0 aliphatic heterocycles. The average molecular weight is 124 g/mol. The van der Waals surface area contributed by atoms with Gasteiger partial charge in [0.05, 0.1) is 0 Å². The highest BCUT2D eigenvalue weighted by molar-refractivity contribution is 6.07. The molecule has 0 rings (SSSR count). The first kappa shape index (κ1) is 7.57. The van der Waals surface area contributed by atoms with Gasteiger partial charge in [-0.05, 0) is 12.8 Å². The summed E-state index contributed by atoms with van der Waals surface area (Å²) in [7, 11) is 0. The summed E-state index contributed by atoms with van der Waals surface area (Å²) >= 11 is 0. The quantitative estimate of drug-likeness (QED) is 0.277. The van der Waals surface area contributed by atoms with Crippen molar-refractivity contribution in [2.75, 3.05) is 0 Å². The van der Waals surface area contributed by atoms with E-state index in [-0.39, 0.29) is 11.4 Å². The van der Waals surface area contributed by atoms with Gasteiger partial charge in [-0.2, -0.15) is 0 Å². The molecule has 0 aromatic rings. The van der Waals surface area contributed by atoms with E-state index in [1.165, 1.54) is 6.92 Å². The molecular weight excluding hydrogens is 116 g/mol. The van der Waals surface area contributed by atoms with Gasteiger partial charge in [-0.3, -0.25) is 4.79 Å². The number of ketones is 1. The summed E-state index contributed by atoms with van der Waals surface area (Å²) in [6.45, 7) is 1.52. The third kappa shape index (κ3) is 1.87. The van der Waals surface area contributed by atoms with E-state index < -0.39 is 5.78 Å². The minimum Gasteiger partial charge on any atom is -0.400 e. The minimum absolute atomic E-state index is 0.0440. The van der Waals surface area contributed by atoms with Crippen LogP contribution in [-0.4, -0.2) is 5.78 Å². The van der Waals surface area contributed by atoms with Gasteiger partial charge < -0.3 is 11.5 Å². The standard InChI is InChI=1S/C6H8N2O/c1-3-5(9)6(8)4(2)7/h1H,7-8H2,2H3. The summed E-state index contributed by atoms with van der Waals surface area (Å²) in [5.74, 6) is 1.28. The second-order valence-corrected chi connectivity index (χ2v) is 1.57. The van der Waals surface area contributed by atoms with Crippen LogP contribution in [0.1, 0.15) is 6.92 Å². The summed E-state index contributed by atoms with van der Waals surface area (Å²) in [6, 6.07) is 0. The van der Waals surface area contributed by atoms with E-state index in [4.69, 9.17) is 17.9 Å². The molecule has 0 fully saturated rings. The summed E-state index contributed by atoms with van der Waals surface area (Å²) < 4.78 is 0. The highest BCUT2D eigenvalue weighted by Crippen LogP contribution is 1.88. The maximum atomic E-state index is 10.5. The Hall–Kier alpha value is -1.43. The van der Waals surface area contributed by atoms with Crippen molar-refractivity contribution in [1.29, 1.82) is 0 Å². The Morgan fingerprint density at radius 2 is 2.00 bits per heavy atom. The van der Waals surface area contributed by atoms with Crippen molar-refractivity contribution in [3.63, 3.8) is 0 Å². The molecular formula is C6H8N2O. The van der Waals surface area contributed by atoms with Gasteiger partial charge in [-0.25, -0.2) is 0 Å². The largest absolute Gasteiger partial charge is 0.400 e. The molecule has 9 heavy (non-hydrogen) atoms. The van der Waals surface area contributed by atoms with Crippen LogP contribution in [0.3, 0.4) is 0 Å². The minimum atomic E-state index is -0.560. The maximum absolute atomic E-state index is 10.5. The van der Waals surface area contributed by atoms with E-state index in [2.05, 4.69) is 0 Å². The smallest absolute Gasteiger partial charge is 0.253 e. The Morgan fingerprint density at radius 3 is 2.11 bits per heavy atom. The number of carbonyl (C=O) groups is 1. The van der Waals surface area contributed by atoms with Crippen LogP contribution in [0.15, 0.2) is 11.4 Å². The van der Waals surface area contributed by atoms with Gasteiger partial charge in [-0.1, -0.05) is 0 Å². The summed E-state index contributed by atoms with van der Waals surface area (Å²) in [4.78, 5) is 10.5. The van der Waals surface area contributed by atoms with Crippen LogP contribution in [-0.2, 0) is 4.79 Å². The van der Waals surface area contributed by atoms with Crippen LogP contribution in [0.5, 0.6) is 0 Å².